The van der Waals surface area contributed by atoms with Crippen LogP contribution in [0, 0.1) is 23.7 Å². The summed E-state index contributed by atoms with van der Waals surface area (Å²) < 4.78 is 86.9. The zero-order valence-corrected chi connectivity index (χ0v) is 19.4. The summed E-state index contributed by atoms with van der Waals surface area (Å²) >= 11 is 0. The molecule has 0 spiro atoms. The van der Waals surface area contributed by atoms with Crippen molar-refractivity contribution >= 4 is 16.1 Å². The van der Waals surface area contributed by atoms with Gasteiger partial charge in [-0.1, -0.05) is 6.58 Å². The molecule has 0 atom stereocenters. The molecule has 11 heteroatoms. The quantitative estimate of drug-likeness (QED) is 0.294. The number of benzene rings is 1. The van der Waals surface area contributed by atoms with E-state index < -0.39 is 46.2 Å². The maximum absolute atomic E-state index is 13.1. The lowest BCUT2D eigenvalue weighted by Crippen LogP contribution is -2.61. The van der Waals surface area contributed by atoms with Gasteiger partial charge in [0, 0.05) is 11.8 Å². The van der Waals surface area contributed by atoms with Crippen molar-refractivity contribution in [1.29, 1.82) is 0 Å². The predicted octanol–water partition coefficient (Wildman–Crippen LogP) is 4.44. The fourth-order valence-electron chi connectivity index (χ4n) is 6.26. The first-order chi connectivity index (χ1) is 15.8. The number of halogens is 3. The predicted molar refractivity (Wildman–Crippen MR) is 113 cm³/mol. The number of rotatable bonds is 8. The molecule has 4 bridgehead atoms. The minimum absolute atomic E-state index is 0.0952. The summed E-state index contributed by atoms with van der Waals surface area (Å²) in [6, 6.07) is 3.13. The fourth-order valence-corrected chi connectivity index (χ4v) is 6.55. The van der Waals surface area contributed by atoms with Crippen molar-refractivity contribution in [2.75, 3.05) is 12.4 Å². The van der Waals surface area contributed by atoms with E-state index in [0.29, 0.717) is 17.4 Å². The van der Waals surface area contributed by atoms with E-state index >= 15 is 0 Å². The second-order valence-electron chi connectivity index (χ2n) is 9.59. The van der Waals surface area contributed by atoms with Crippen molar-refractivity contribution in [3.63, 3.8) is 0 Å². The second-order valence-corrected chi connectivity index (χ2v) is 11.1. The van der Waals surface area contributed by atoms with Gasteiger partial charge in [0.1, 0.15) is 12.2 Å². The van der Waals surface area contributed by atoms with Crippen LogP contribution in [0.15, 0.2) is 30.4 Å². The number of hydrogen-bond acceptors (Lipinski definition) is 7. The third-order valence-electron chi connectivity index (χ3n) is 7.27. The lowest BCUT2D eigenvalue weighted by molar-refractivity contribution is -0.275. The summed E-state index contributed by atoms with van der Waals surface area (Å²) in [6.07, 6.45) is -0.200. The third-order valence-corrected chi connectivity index (χ3v) is 7.94. The Kier molecular flexibility index (Phi) is 6.39. The Bertz CT molecular complexity index is 1050. The normalized spacial score (nSPS) is 30.1. The van der Waals surface area contributed by atoms with Gasteiger partial charge in [-0.25, -0.2) is 13.2 Å². The van der Waals surface area contributed by atoms with Crippen molar-refractivity contribution in [3.8, 4) is 11.5 Å². The van der Waals surface area contributed by atoms with E-state index in [2.05, 4.69) is 11.3 Å². The van der Waals surface area contributed by atoms with Crippen molar-refractivity contribution in [1.82, 2.24) is 0 Å². The summed E-state index contributed by atoms with van der Waals surface area (Å²) in [5.74, 6) is -1.44. The van der Waals surface area contributed by atoms with E-state index in [1.807, 2.05) is 6.92 Å². The SMILES string of the molecule is C=C(C)C1(Oc2cc(C(=O)OCCS(=O)(=O)[O-])ccc2OC(F)(F)F)C2CC3CC(C2)CC1C3. The van der Waals surface area contributed by atoms with E-state index in [1.165, 1.54) is 6.42 Å². The van der Waals surface area contributed by atoms with Gasteiger partial charge in [0.25, 0.3) is 0 Å². The Labute approximate surface area is 196 Å². The average Bonchev–Trinajstić information content (AvgIpc) is 2.69. The molecule has 7 nitrogen and oxygen atoms in total. The summed E-state index contributed by atoms with van der Waals surface area (Å²) in [4.78, 5) is 12.4. The highest BCUT2D eigenvalue weighted by Crippen LogP contribution is 2.61. The highest BCUT2D eigenvalue weighted by atomic mass is 32.2. The van der Waals surface area contributed by atoms with Crippen LogP contribution in [-0.4, -0.2) is 43.3 Å². The minimum Gasteiger partial charge on any atom is -0.748 e. The molecule has 0 heterocycles. The van der Waals surface area contributed by atoms with Crippen molar-refractivity contribution in [2.45, 2.75) is 51.0 Å². The Balaban J connectivity index is 1.66. The molecule has 4 aliphatic carbocycles. The molecule has 0 radical (unpaired) electrons. The zero-order valence-electron chi connectivity index (χ0n) is 18.6. The first-order valence-electron chi connectivity index (χ1n) is 11.1. The summed E-state index contributed by atoms with van der Waals surface area (Å²) in [5, 5.41) is 0. The van der Waals surface area contributed by atoms with Gasteiger partial charge in [0.05, 0.1) is 21.4 Å². The number of hydrogen-bond donors (Lipinski definition) is 0. The fraction of sp³-hybridized carbons (Fsp3) is 0.609. The Morgan fingerprint density at radius 2 is 1.71 bits per heavy atom. The lowest BCUT2D eigenvalue weighted by Gasteiger charge is -2.61. The molecule has 0 aliphatic heterocycles. The zero-order chi connectivity index (χ0) is 24.9. The van der Waals surface area contributed by atoms with E-state index in [9.17, 15) is 30.9 Å². The van der Waals surface area contributed by atoms with Crippen LogP contribution in [0.3, 0.4) is 0 Å². The van der Waals surface area contributed by atoms with Crippen LogP contribution in [0.1, 0.15) is 49.4 Å². The molecule has 5 rings (SSSR count). The largest absolute Gasteiger partial charge is 0.748 e. The van der Waals surface area contributed by atoms with E-state index in [1.54, 1.807) is 0 Å². The van der Waals surface area contributed by atoms with E-state index in [4.69, 9.17) is 9.47 Å². The topological polar surface area (TPSA) is 102 Å². The molecule has 0 amide bonds. The Hall–Kier alpha value is -2.27. The van der Waals surface area contributed by atoms with Gasteiger partial charge >= 0.3 is 12.3 Å². The molecule has 4 aliphatic rings. The highest BCUT2D eigenvalue weighted by molar-refractivity contribution is 7.85. The lowest BCUT2D eigenvalue weighted by atomic mass is 9.48. The Morgan fingerprint density at radius 1 is 1.12 bits per heavy atom. The van der Waals surface area contributed by atoms with Crippen LogP contribution < -0.4 is 9.47 Å². The first kappa shape index (κ1) is 24.8. The summed E-state index contributed by atoms with van der Waals surface area (Å²) in [5.41, 5.74) is -0.322. The summed E-state index contributed by atoms with van der Waals surface area (Å²) in [6.45, 7) is 5.27. The molecule has 0 aromatic heterocycles. The van der Waals surface area contributed by atoms with Gasteiger partial charge in [-0.15, -0.1) is 13.2 Å². The molecule has 34 heavy (non-hydrogen) atoms. The molecule has 4 fully saturated rings. The molecule has 4 saturated carbocycles. The van der Waals surface area contributed by atoms with Crippen molar-refractivity contribution < 1.29 is 45.1 Å². The van der Waals surface area contributed by atoms with E-state index in [0.717, 1.165) is 43.9 Å². The van der Waals surface area contributed by atoms with Gasteiger partial charge in [0.2, 0.25) is 0 Å². The first-order valence-corrected chi connectivity index (χ1v) is 12.7. The molecular weight excluding hydrogens is 477 g/mol. The number of alkyl halides is 3. The Morgan fingerprint density at radius 3 is 2.21 bits per heavy atom. The monoisotopic (exact) mass is 503 g/mol. The van der Waals surface area contributed by atoms with Crippen LogP contribution in [0.25, 0.3) is 0 Å². The highest BCUT2D eigenvalue weighted by Gasteiger charge is 2.59. The van der Waals surface area contributed by atoms with Gasteiger partial charge in [-0.05, 0) is 74.6 Å². The van der Waals surface area contributed by atoms with Gasteiger partial charge in [-0.3, -0.25) is 0 Å². The van der Waals surface area contributed by atoms with E-state index in [-0.39, 0.29) is 23.1 Å². The maximum atomic E-state index is 13.1. The molecule has 0 saturated heterocycles. The smallest absolute Gasteiger partial charge is 0.573 e. The third kappa shape index (κ3) is 5.05. The molecule has 0 unspecified atom stereocenters. The van der Waals surface area contributed by atoms with Crippen molar-refractivity contribution in [3.05, 3.63) is 35.9 Å². The van der Waals surface area contributed by atoms with Crippen LogP contribution in [0.5, 0.6) is 11.5 Å². The second kappa shape index (κ2) is 8.75. The van der Waals surface area contributed by atoms with Crippen LogP contribution >= 0.6 is 0 Å². The number of carbonyl (C=O) groups is 1. The molecule has 1 aromatic carbocycles. The summed E-state index contributed by atoms with van der Waals surface area (Å²) in [7, 11) is -4.59. The van der Waals surface area contributed by atoms with Gasteiger partial charge < -0.3 is 18.8 Å². The maximum Gasteiger partial charge on any atom is 0.573 e. The number of ether oxygens (including phenoxy) is 3. The average molecular weight is 504 g/mol. The number of esters is 1. The molecule has 188 valence electrons. The number of carbonyl (C=O) groups excluding carboxylic acids is 1. The van der Waals surface area contributed by atoms with Gasteiger partial charge in [0.15, 0.2) is 11.5 Å². The van der Waals surface area contributed by atoms with Gasteiger partial charge in [-0.2, -0.15) is 0 Å². The van der Waals surface area contributed by atoms with Crippen LogP contribution in [0.2, 0.25) is 0 Å². The van der Waals surface area contributed by atoms with Crippen LogP contribution in [0.4, 0.5) is 13.2 Å². The molecule has 1 aromatic rings. The molecular formula is C23H26F3O7S-. The standard InChI is InChI=1S/C23H27F3O7S/c1-13(2)22(17-8-14-7-15(10-17)11-18(22)9-14)32-20-12-16(3-4-19(20)33-23(24,25)26)21(27)31-5-6-34(28,29)30/h3-4,12,14-15,17-18H,1,5-11H2,2H3,(H,28,29,30)/p-1. The minimum atomic E-state index is -4.98. The van der Waals surface area contributed by atoms with Crippen molar-refractivity contribution in [2.24, 2.45) is 23.7 Å². The van der Waals surface area contributed by atoms with Crippen LogP contribution in [-0.2, 0) is 14.9 Å². The molecule has 0 N–H and O–H groups in total.